The minimum absolute atomic E-state index is 0.0658. The van der Waals surface area contributed by atoms with Crippen molar-refractivity contribution in [3.05, 3.63) is 33.2 Å². The number of nitrogens with zero attached hydrogens (tertiary/aromatic N) is 2. The largest absolute Gasteiger partial charge is 0.339 e. The van der Waals surface area contributed by atoms with E-state index < -0.39 is 5.41 Å². The molecular formula is C21H29N3O3. The van der Waals surface area contributed by atoms with E-state index in [0.717, 1.165) is 38.6 Å². The molecule has 3 fully saturated rings. The highest BCUT2D eigenvalue weighted by atomic mass is 16.2. The first-order valence-corrected chi connectivity index (χ1v) is 10.2. The lowest BCUT2D eigenvalue weighted by molar-refractivity contribution is -0.148. The molecule has 1 aliphatic carbocycles. The number of H-pyrrole nitrogens is 1. The van der Waals surface area contributed by atoms with Gasteiger partial charge < -0.3 is 14.8 Å². The molecule has 3 heterocycles. The number of pyridine rings is 1. The molecular weight excluding hydrogens is 342 g/mol. The summed E-state index contributed by atoms with van der Waals surface area (Å²) < 4.78 is 0. The van der Waals surface area contributed by atoms with Crippen LogP contribution in [-0.4, -0.2) is 52.3 Å². The molecule has 1 aromatic rings. The average molecular weight is 371 g/mol. The van der Waals surface area contributed by atoms with Gasteiger partial charge in [0.2, 0.25) is 11.5 Å². The summed E-state index contributed by atoms with van der Waals surface area (Å²) in [5, 5.41) is 0. The zero-order chi connectivity index (χ0) is 19.2. The number of hydrogen-bond donors (Lipinski definition) is 1. The normalized spacial score (nSPS) is 26.4. The van der Waals surface area contributed by atoms with E-state index in [2.05, 4.69) is 9.88 Å². The molecule has 1 spiro atoms. The number of carbonyl (C=O) groups is 2. The van der Waals surface area contributed by atoms with Crippen LogP contribution < -0.4 is 5.56 Å². The Morgan fingerprint density at radius 2 is 1.85 bits per heavy atom. The molecule has 1 atom stereocenters. The summed E-state index contributed by atoms with van der Waals surface area (Å²) in [4.78, 5) is 44.8. The number of amides is 2. The first kappa shape index (κ1) is 18.3. The van der Waals surface area contributed by atoms with Crippen molar-refractivity contribution in [2.45, 2.75) is 64.8 Å². The second-order valence-corrected chi connectivity index (χ2v) is 8.61. The van der Waals surface area contributed by atoms with Crippen LogP contribution in [0.5, 0.6) is 0 Å². The Balaban J connectivity index is 1.55. The second-order valence-electron chi connectivity index (χ2n) is 8.61. The third-order valence-corrected chi connectivity index (χ3v) is 6.82. The summed E-state index contributed by atoms with van der Waals surface area (Å²) >= 11 is 0. The van der Waals surface area contributed by atoms with Crippen molar-refractivity contribution >= 4 is 11.8 Å². The molecule has 0 radical (unpaired) electrons. The molecule has 6 nitrogen and oxygen atoms in total. The smallest absolute Gasteiger partial charge is 0.255 e. The topological polar surface area (TPSA) is 73.5 Å². The van der Waals surface area contributed by atoms with Crippen LogP contribution in [-0.2, 0) is 4.79 Å². The number of hydrogen-bond acceptors (Lipinski definition) is 3. The SMILES string of the molecule is Cc1cc(=O)[nH]c(C)c1C(=O)N1CCC2(CCCN(C3CCCC3)C2=O)C1. The Morgan fingerprint density at radius 1 is 1.11 bits per heavy atom. The lowest BCUT2D eigenvalue weighted by atomic mass is 9.77. The quantitative estimate of drug-likeness (QED) is 0.867. The number of aromatic nitrogens is 1. The zero-order valence-electron chi connectivity index (χ0n) is 16.3. The molecule has 0 bridgehead atoms. The maximum atomic E-state index is 13.4. The molecule has 27 heavy (non-hydrogen) atoms. The first-order chi connectivity index (χ1) is 12.9. The van der Waals surface area contributed by atoms with Gasteiger partial charge >= 0.3 is 0 Å². The Labute approximate surface area is 159 Å². The zero-order valence-corrected chi connectivity index (χ0v) is 16.3. The minimum Gasteiger partial charge on any atom is -0.339 e. The second kappa shape index (κ2) is 6.80. The van der Waals surface area contributed by atoms with Crippen molar-refractivity contribution < 1.29 is 9.59 Å². The molecule has 1 unspecified atom stereocenters. The van der Waals surface area contributed by atoms with Gasteiger partial charge in [-0.25, -0.2) is 0 Å². The van der Waals surface area contributed by atoms with Crippen LogP contribution in [0.4, 0.5) is 0 Å². The molecule has 146 valence electrons. The molecule has 6 heteroatoms. The molecule has 2 saturated heterocycles. The summed E-state index contributed by atoms with van der Waals surface area (Å²) in [5.41, 5.74) is 1.29. The number of aryl methyl sites for hydroxylation is 2. The predicted molar refractivity (Wildman–Crippen MR) is 103 cm³/mol. The molecule has 1 aromatic heterocycles. The molecule has 2 aliphatic heterocycles. The lowest BCUT2D eigenvalue weighted by Gasteiger charge is -2.42. The van der Waals surface area contributed by atoms with Crippen LogP contribution in [0, 0.1) is 19.3 Å². The molecule has 1 saturated carbocycles. The van der Waals surface area contributed by atoms with Gasteiger partial charge in [-0.1, -0.05) is 12.8 Å². The number of nitrogens with one attached hydrogen (secondary N) is 1. The highest BCUT2D eigenvalue weighted by molar-refractivity contribution is 5.97. The van der Waals surface area contributed by atoms with Crippen LogP contribution in [0.1, 0.15) is 66.6 Å². The molecule has 0 aromatic carbocycles. The Bertz CT molecular complexity index is 798. The maximum Gasteiger partial charge on any atom is 0.255 e. The van der Waals surface area contributed by atoms with Crippen molar-refractivity contribution in [1.82, 2.24) is 14.8 Å². The van der Waals surface area contributed by atoms with Gasteiger partial charge in [-0.05, 0) is 51.5 Å². The van der Waals surface area contributed by atoms with Crippen LogP contribution in [0.2, 0.25) is 0 Å². The van der Waals surface area contributed by atoms with Crippen LogP contribution in [0.3, 0.4) is 0 Å². The fourth-order valence-electron chi connectivity index (χ4n) is 5.42. The van der Waals surface area contributed by atoms with E-state index in [9.17, 15) is 14.4 Å². The minimum atomic E-state index is -0.402. The van der Waals surface area contributed by atoms with Crippen LogP contribution in [0.25, 0.3) is 0 Å². The van der Waals surface area contributed by atoms with E-state index in [-0.39, 0.29) is 17.4 Å². The van der Waals surface area contributed by atoms with Gasteiger partial charge in [-0.3, -0.25) is 14.4 Å². The van der Waals surface area contributed by atoms with E-state index in [1.165, 1.54) is 18.9 Å². The van der Waals surface area contributed by atoms with Gasteiger partial charge in [0.1, 0.15) is 0 Å². The van der Waals surface area contributed by atoms with E-state index in [1.54, 1.807) is 13.8 Å². The third kappa shape index (κ3) is 3.09. The predicted octanol–water partition coefficient (Wildman–Crippen LogP) is 2.39. The molecule has 3 aliphatic rings. The monoisotopic (exact) mass is 371 g/mol. The summed E-state index contributed by atoms with van der Waals surface area (Å²) in [7, 11) is 0. The number of likely N-dealkylation sites (tertiary alicyclic amines) is 2. The number of rotatable bonds is 2. The number of piperidine rings is 1. The fraction of sp³-hybridized carbons (Fsp3) is 0.667. The molecule has 4 rings (SSSR count). The van der Waals surface area contributed by atoms with Gasteiger partial charge in [-0.15, -0.1) is 0 Å². The number of carbonyl (C=O) groups excluding carboxylic acids is 2. The summed E-state index contributed by atoms with van der Waals surface area (Å²) in [5.74, 6) is 0.203. The van der Waals surface area contributed by atoms with Crippen molar-refractivity contribution in [3.8, 4) is 0 Å². The fourth-order valence-corrected chi connectivity index (χ4v) is 5.42. The van der Waals surface area contributed by atoms with Gasteiger partial charge in [0.25, 0.3) is 5.91 Å². The van der Waals surface area contributed by atoms with Gasteiger partial charge in [0, 0.05) is 37.4 Å². The Kier molecular flexibility index (Phi) is 4.60. The van der Waals surface area contributed by atoms with Crippen LogP contribution in [0.15, 0.2) is 10.9 Å². The van der Waals surface area contributed by atoms with Gasteiger partial charge in [0.15, 0.2) is 0 Å². The number of aromatic amines is 1. The lowest BCUT2D eigenvalue weighted by Crippen LogP contribution is -2.53. The Hall–Kier alpha value is -2.11. The molecule has 2 amide bonds. The maximum absolute atomic E-state index is 13.4. The average Bonchev–Trinajstić information content (AvgIpc) is 3.27. The van der Waals surface area contributed by atoms with E-state index in [1.807, 2.05) is 4.90 Å². The van der Waals surface area contributed by atoms with Crippen molar-refractivity contribution in [3.63, 3.8) is 0 Å². The van der Waals surface area contributed by atoms with Gasteiger partial charge in [-0.2, -0.15) is 0 Å². The van der Waals surface area contributed by atoms with Gasteiger partial charge in [0.05, 0.1) is 11.0 Å². The molecule has 1 N–H and O–H groups in total. The Morgan fingerprint density at radius 3 is 2.56 bits per heavy atom. The highest BCUT2D eigenvalue weighted by Gasteiger charge is 2.50. The first-order valence-electron chi connectivity index (χ1n) is 10.2. The van der Waals surface area contributed by atoms with E-state index in [4.69, 9.17) is 0 Å². The van der Waals surface area contributed by atoms with Crippen LogP contribution >= 0.6 is 0 Å². The van der Waals surface area contributed by atoms with Crippen molar-refractivity contribution in [2.75, 3.05) is 19.6 Å². The van der Waals surface area contributed by atoms with E-state index >= 15 is 0 Å². The van der Waals surface area contributed by atoms with E-state index in [0.29, 0.717) is 36.0 Å². The third-order valence-electron chi connectivity index (χ3n) is 6.82. The van der Waals surface area contributed by atoms with Crippen molar-refractivity contribution in [1.29, 1.82) is 0 Å². The van der Waals surface area contributed by atoms with Crippen molar-refractivity contribution in [2.24, 2.45) is 5.41 Å². The standard InChI is InChI=1S/C21H29N3O3/c1-14-12-17(25)22-15(2)18(14)19(26)23-11-9-21(13-23)8-5-10-24(20(21)27)16-6-3-4-7-16/h12,16H,3-11,13H2,1-2H3,(H,22,25). The summed E-state index contributed by atoms with van der Waals surface area (Å²) in [6.07, 6.45) is 7.35. The summed E-state index contributed by atoms with van der Waals surface area (Å²) in [6.45, 7) is 5.56. The summed E-state index contributed by atoms with van der Waals surface area (Å²) in [6, 6.07) is 1.88. The highest BCUT2D eigenvalue weighted by Crippen LogP contribution is 2.42.